The molecular weight excluding hydrogens is 560 g/mol. The molecule has 0 fully saturated rings. The topological polar surface area (TPSA) is 139 Å². The Morgan fingerprint density at radius 3 is 2.12 bits per heavy atom. The van der Waals surface area contributed by atoms with Gasteiger partial charge in [0, 0.05) is 31.1 Å². The summed E-state index contributed by atoms with van der Waals surface area (Å²) in [5, 5.41) is 14.5. The molecule has 0 saturated carbocycles. The van der Waals surface area contributed by atoms with Crippen molar-refractivity contribution >= 4 is 33.2 Å². The van der Waals surface area contributed by atoms with E-state index in [1.807, 2.05) is 62.4 Å². The highest BCUT2D eigenvalue weighted by Crippen LogP contribution is 2.34. The number of sulfonamides is 1. The van der Waals surface area contributed by atoms with Gasteiger partial charge >= 0.3 is 0 Å². The van der Waals surface area contributed by atoms with E-state index in [1.54, 1.807) is 12.1 Å². The highest BCUT2D eigenvalue weighted by molar-refractivity contribution is 7.92. The standard InChI is InChI=1S/C30H36N4O7S/c1-5-22(2)31-30(36)27(18-23-12-8-6-9-13-23)32(20-24-14-10-7-11-15-24)29(35)21-33(42(4,39)40)26-19-25(34(37)38)16-17-28(26)41-3/h6-17,19,22,27H,5,18,20-21H2,1-4H3,(H,31,36). The van der Waals surface area contributed by atoms with E-state index in [1.165, 1.54) is 24.1 Å². The lowest BCUT2D eigenvalue weighted by Crippen LogP contribution is -2.54. The summed E-state index contributed by atoms with van der Waals surface area (Å²) in [5.74, 6) is -1.02. The first-order valence-electron chi connectivity index (χ1n) is 13.4. The van der Waals surface area contributed by atoms with Crippen molar-refractivity contribution in [3.05, 3.63) is 100 Å². The molecule has 0 aliphatic heterocycles. The van der Waals surface area contributed by atoms with Crippen LogP contribution >= 0.6 is 0 Å². The van der Waals surface area contributed by atoms with Crippen LogP contribution in [0.5, 0.6) is 5.75 Å². The first-order chi connectivity index (χ1) is 19.9. The fourth-order valence-corrected chi connectivity index (χ4v) is 5.20. The molecule has 42 heavy (non-hydrogen) atoms. The third kappa shape index (κ3) is 8.53. The Kier molecular flexibility index (Phi) is 11.0. The summed E-state index contributed by atoms with van der Waals surface area (Å²) in [7, 11) is -2.84. The Bertz CT molecular complexity index is 1480. The van der Waals surface area contributed by atoms with Crippen molar-refractivity contribution in [2.75, 3.05) is 24.2 Å². The number of ether oxygens (including phenoxy) is 1. The van der Waals surface area contributed by atoms with Crippen LogP contribution in [-0.4, -0.2) is 62.0 Å². The average molecular weight is 597 g/mol. The molecule has 2 atom stereocenters. The molecule has 3 aromatic carbocycles. The quantitative estimate of drug-likeness (QED) is 0.220. The number of carbonyl (C=O) groups is 2. The molecule has 11 nitrogen and oxygen atoms in total. The Morgan fingerprint density at radius 2 is 1.60 bits per heavy atom. The molecule has 0 bridgehead atoms. The SMILES string of the molecule is CCC(C)NC(=O)C(Cc1ccccc1)N(Cc1ccccc1)C(=O)CN(c1cc([N+](=O)[O-])ccc1OC)S(C)(=O)=O. The monoisotopic (exact) mass is 596 g/mol. The van der Waals surface area contributed by atoms with E-state index in [9.17, 15) is 28.1 Å². The minimum Gasteiger partial charge on any atom is -0.495 e. The van der Waals surface area contributed by atoms with Gasteiger partial charge in [0.05, 0.1) is 18.3 Å². The van der Waals surface area contributed by atoms with Gasteiger partial charge in [0.15, 0.2) is 0 Å². The molecule has 1 N–H and O–H groups in total. The van der Waals surface area contributed by atoms with E-state index in [4.69, 9.17) is 4.74 Å². The van der Waals surface area contributed by atoms with Crippen molar-refractivity contribution in [3.63, 3.8) is 0 Å². The van der Waals surface area contributed by atoms with Crippen molar-refractivity contribution in [1.82, 2.24) is 10.2 Å². The van der Waals surface area contributed by atoms with Gasteiger partial charge < -0.3 is 15.0 Å². The third-order valence-electron chi connectivity index (χ3n) is 6.79. The van der Waals surface area contributed by atoms with Crippen LogP contribution in [0.3, 0.4) is 0 Å². The molecule has 0 spiro atoms. The number of nitrogens with one attached hydrogen (secondary N) is 1. The van der Waals surface area contributed by atoms with Crippen LogP contribution in [0, 0.1) is 10.1 Å². The normalized spacial score (nSPS) is 12.6. The molecule has 0 aliphatic carbocycles. The van der Waals surface area contributed by atoms with Gasteiger partial charge in [-0.1, -0.05) is 67.6 Å². The zero-order chi connectivity index (χ0) is 30.9. The maximum atomic E-state index is 14.2. The van der Waals surface area contributed by atoms with Gasteiger partial charge in [-0.3, -0.25) is 24.0 Å². The summed E-state index contributed by atoms with van der Waals surface area (Å²) in [6, 6.07) is 20.6. The van der Waals surface area contributed by atoms with Gasteiger partial charge in [-0.15, -0.1) is 0 Å². The Labute approximate surface area is 246 Å². The zero-order valence-electron chi connectivity index (χ0n) is 24.1. The summed E-state index contributed by atoms with van der Waals surface area (Å²) in [4.78, 5) is 40.0. The van der Waals surface area contributed by atoms with E-state index in [0.29, 0.717) is 6.42 Å². The van der Waals surface area contributed by atoms with Crippen LogP contribution in [0.15, 0.2) is 78.9 Å². The second-order valence-corrected chi connectivity index (χ2v) is 11.8. The Morgan fingerprint density at radius 1 is 1.00 bits per heavy atom. The van der Waals surface area contributed by atoms with E-state index >= 15 is 0 Å². The van der Waals surface area contributed by atoms with Gasteiger partial charge in [-0.25, -0.2) is 8.42 Å². The predicted molar refractivity (Wildman–Crippen MR) is 161 cm³/mol. The van der Waals surface area contributed by atoms with Gasteiger partial charge in [-0.2, -0.15) is 0 Å². The summed E-state index contributed by atoms with van der Waals surface area (Å²) < 4.78 is 32.1. The van der Waals surface area contributed by atoms with Crippen molar-refractivity contribution in [3.8, 4) is 5.75 Å². The summed E-state index contributed by atoms with van der Waals surface area (Å²) in [6.45, 7) is 3.10. The minimum absolute atomic E-state index is 0.0226. The molecule has 0 aromatic heterocycles. The molecule has 0 heterocycles. The molecule has 0 aliphatic rings. The second-order valence-electron chi connectivity index (χ2n) is 9.91. The number of methoxy groups -OCH3 is 1. The number of non-ortho nitro benzene ring substituents is 1. The predicted octanol–water partition coefficient (Wildman–Crippen LogP) is 3.92. The van der Waals surface area contributed by atoms with Crippen molar-refractivity contribution in [2.45, 2.75) is 45.3 Å². The van der Waals surface area contributed by atoms with Gasteiger partial charge in [0.1, 0.15) is 24.0 Å². The molecule has 3 aromatic rings. The number of rotatable bonds is 14. The maximum absolute atomic E-state index is 14.2. The van der Waals surface area contributed by atoms with Crippen LogP contribution in [-0.2, 0) is 32.6 Å². The van der Waals surface area contributed by atoms with Crippen LogP contribution in [0.1, 0.15) is 31.4 Å². The third-order valence-corrected chi connectivity index (χ3v) is 7.92. The summed E-state index contributed by atoms with van der Waals surface area (Å²) >= 11 is 0. The van der Waals surface area contributed by atoms with Gasteiger partial charge in [0.2, 0.25) is 21.8 Å². The van der Waals surface area contributed by atoms with Gasteiger partial charge in [-0.05, 0) is 30.5 Å². The average Bonchev–Trinajstić information content (AvgIpc) is 2.97. The number of carbonyl (C=O) groups excluding carboxylic acids is 2. The molecule has 224 valence electrons. The smallest absolute Gasteiger partial charge is 0.271 e. The van der Waals surface area contributed by atoms with E-state index < -0.39 is 33.4 Å². The number of nitrogens with zero attached hydrogens (tertiary/aromatic N) is 3. The number of nitro benzene ring substituents is 1. The van der Waals surface area contributed by atoms with Crippen molar-refractivity contribution < 1.29 is 27.7 Å². The molecule has 12 heteroatoms. The Hall–Kier alpha value is -4.45. The fraction of sp³-hybridized carbons (Fsp3) is 0.333. The second kappa shape index (κ2) is 14.4. The zero-order valence-corrected chi connectivity index (χ0v) is 24.9. The lowest BCUT2D eigenvalue weighted by atomic mass is 10.0. The molecule has 2 unspecified atom stereocenters. The molecule has 0 radical (unpaired) electrons. The number of hydrogen-bond donors (Lipinski definition) is 1. The van der Waals surface area contributed by atoms with Crippen LogP contribution < -0.4 is 14.4 Å². The summed E-state index contributed by atoms with van der Waals surface area (Å²) in [5.41, 5.74) is 1.01. The van der Waals surface area contributed by atoms with Crippen LogP contribution in [0.4, 0.5) is 11.4 Å². The minimum atomic E-state index is -4.14. The van der Waals surface area contributed by atoms with E-state index in [-0.39, 0.29) is 42.0 Å². The number of nitro groups is 1. The van der Waals surface area contributed by atoms with Gasteiger partial charge in [0.25, 0.3) is 5.69 Å². The molecule has 2 amide bonds. The van der Waals surface area contributed by atoms with Crippen LogP contribution in [0.25, 0.3) is 0 Å². The number of benzene rings is 3. The number of anilines is 1. The van der Waals surface area contributed by atoms with Crippen molar-refractivity contribution in [1.29, 1.82) is 0 Å². The largest absolute Gasteiger partial charge is 0.495 e. The van der Waals surface area contributed by atoms with Crippen LogP contribution in [0.2, 0.25) is 0 Å². The van der Waals surface area contributed by atoms with E-state index in [0.717, 1.165) is 27.8 Å². The first kappa shape index (κ1) is 32.1. The lowest BCUT2D eigenvalue weighted by Gasteiger charge is -2.34. The van der Waals surface area contributed by atoms with E-state index in [2.05, 4.69) is 5.32 Å². The highest BCUT2D eigenvalue weighted by Gasteiger charge is 2.34. The number of amides is 2. The summed E-state index contributed by atoms with van der Waals surface area (Å²) in [6.07, 6.45) is 1.75. The molecule has 3 rings (SSSR count). The maximum Gasteiger partial charge on any atom is 0.271 e. The molecule has 0 saturated heterocycles. The fourth-order valence-electron chi connectivity index (χ4n) is 4.36. The highest BCUT2D eigenvalue weighted by atomic mass is 32.2. The first-order valence-corrected chi connectivity index (χ1v) is 15.3. The lowest BCUT2D eigenvalue weighted by molar-refractivity contribution is -0.384. The van der Waals surface area contributed by atoms with Crippen molar-refractivity contribution in [2.24, 2.45) is 0 Å². The molecular formula is C30H36N4O7S. The Balaban J connectivity index is 2.11. The number of hydrogen-bond acceptors (Lipinski definition) is 7.